The molecule has 0 unspecified atom stereocenters. The molecule has 5 aromatic rings. The zero-order valence-corrected chi connectivity index (χ0v) is 17.5. The molecule has 0 aliphatic heterocycles. The molecule has 2 N–H and O–H groups in total. The Balaban J connectivity index is 1.75. The van der Waals surface area contributed by atoms with E-state index >= 15 is 0 Å². The van der Waals surface area contributed by atoms with Gasteiger partial charge < -0.3 is 15.0 Å². The number of carbonyl (C=O) groups is 1. The van der Waals surface area contributed by atoms with Gasteiger partial charge in [-0.3, -0.25) is 9.36 Å². The number of benzene rings is 2. The summed E-state index contributed by atoms with van der Waals surface area (Å²) in [5.41, 5.74) is 3.06. The zero-order chi connectivity index (χ0) is 21.4. The van der Waals surface area contributed by atoms with Crippen LogP contribution >= 0.6 is 11.3 Å². The molecular formula is C24H19N3O3S. The topological polar surface area (TPSA) is 76.1 Å². The van der Waals surface area contributed by atoms with E-state index in [1.54, 1.807) is 17.6 Å². The van der Waals surface area contributed by atoms with Crippen molar-refractivity contribution in [1.29, 1.82) is 0 Å². The number of carbonyl (C=O) groups excluding carboxylic acids is 1. The number of pyridine rings is 1. The first-order valence-electron chi connectivity index (χ1n) is 9.91. The lowest BCUT2D eigenvalue weighted by Crippen LogP contribution is -2.16. The molecule has 6 nitrogen and oxygen atoms in total. The van der Waals surface area contributed by atoms with E-state index < -0.39 is 5.97 Å². The monoisotopic (exact) mass is 429 g/mol. The van der Waals surface area contributed by atoms with Crippen LogP contribution in [0.15, 0.2) is 77.7 Å². The first-order valence-corrected chi connectivity index (χ1v) is 10.7. The van der Waals surface area contributed by atoms with Gasteiger partial charge >= 0.3 is 5.97 Å². The number of fused-ring (bicyclic) bond motifs is 2. The first-order chi connectivity index (χ1) is 15.2. The number of anilines is 2. The molecule has 3 aromatic heterocycles. The number of para-hydroxylation sites is 1. The van der Waals surface area contributed by atoms with Crippen molar-refractivity contribution in [1.82, 2.24) is 9.55 Å². The van der Waals surface area contributed by atoms with Crippen molar-refractivity contribution < 1.29 is 9.53 Å². The molecule has 0 bridgehead atoms. The number of rotatable bonds is 5. The van der Waals surface area contributed by atoms with Crippen LogP contribution in [0, 0.1) is 0 Å². The standard InChI is InChI=1S/C24H19N3O3S/c1-2-30-24(29)22-21(26-16-6-4-3-5-7-16)18-9-11-20(28)27(23(18)31-22)17-8-10-19-15(14-17)12-13-25-19/h3-14,25-26H,2H2,1H3. The molecule has 0 aliphatic carbocycles. The Bertz CT molecular complexity index is 1460. The van der Waals surface area contributed by atoms with Gasteiger partial charge in [-0.2, -0.15) is 0 Å². The average molecular weight is 430 g/mol. The van der Waals surface area contributed by atoms with Gasteiger partial charge in [0.25, 0.3) is 5.56 Å². The average Bonchev–Trinajstić information content (AvgIpc) is 3.39. The van der Waals surface area contributed by atoms with E-state index in [0.29, 0.717) is 15.4 Å². The predicted molar refractivity (Wildman–Crippen MR) is 125 cm³/mol. The number of aromatic nitrogens is 2. The Morgan fingerprint density at radius 1 is 1.10 bits per heavy atom. The van der Waals surface area contributed by atoms with Crippen molar-refractivity contribution in [2.24, 2.45) is 0 Å². The van der Waals surface area contributed by atoms with Crippen LogP contribution in [0.4, 0.5) is 11.4 Å². The van der Waals surface area contributed by atoms with Crippen molar-refractivity contribution >= 4 is 49.8 Å². The van der Waals surface area contributed by atoms with Crippen LogP contribution in [0.3, 0.4) is 0 Å². The molecule has 0 radical (unpaired) electrons. The molecule has 0 aliphatic rings. The largest absolute Gasteiger partial charge is 0.462 e. The number of hydrogen-bond acceptors (Lipinski definition) is 5. The van der Waals surface area contributed by atoms with Crippen LogP contribution in [0.5, 0.6) is 0 Å². The molecule has 0 saturated heterocycles. The fourth-order valence-electron chi connectivity index (χ4n) is 3.64. The zero-order valence-electron chi connectivity index (χ0n) is 16.7. The van der Waals surface area contributed by atoms with E-state index in [0.717, 1.165) is 27.7 Å². The molecule has 0 amide bonds. The van der Waals surface area contributed by atoms with E-state index in [9.17, 15) is 9.59 Å². The summed E-state index contributed by atoms with van der Waals surface area (Å²) in [5, 5.41) is 5.14. The second-order valence-corrected chi connectivity index (χ2v) is 7.99. The number of nitrogens with zero attached hydrogens (tertiary/aromatic N) is 1. The third-order valence-electron chi connectivity index (χ3n) is 5.04. The second-order valence-electron chi connectivity index (χ2n) is 6.99. The van der Waals surface area contributed by atoms with Crippen LogP contribution in [0.1, 0.15) is 16.6 Å². The summed E-state index contributed by atoms with van der Waals surface area (Å²) in [4.78, 5) is 29.9. The van der Waals surface area contributed by atoms with Crippen LogP contribution in [-0.4, -0.2) is 22.1 Å². The highest BCUT2D eigenvalue weighted by Gasteiger charge is 2.22. The van der Waals surface area contributed by atoms with Crippen LogP contribution in [0.25, 0.3) is 26.8 Å². The summed E-state index contributed by atoms with van der Waals surface area (Å²) in [5.74, 6) is -0.415. The molecule has 2 aromatic carbocycles. The quantitative estimate of drug-likeness (QED) is 0.364. The molecule has 5 rings (SSSR count). The van der Waals surface area contributed by atoms with Gasteiger partial charge in [-0.1, -0.05) is 18.2 Å². The van der Waals surface area contributed by atoms with Crippen molar-refractivity contribution in [3.05, 3.63) is 88.2 Å². The van der Waals surface area contributed by atoms with Gasteiger partial charge in [0, 0.05) is 34.2 Å². The minimum atomic E-state index is -0.415. The van der Waals surface area contributed by atoms with Gasteiger partial charge in [-0.15, -0.1) is 11.3 Å². The number of hydrogen-bond donors (Lipinski definition) is 2. The van der Waals surface area contributed by atoms with Crippen molar-refractivity contribution in [3.8, 4) is 5.69 Å². The number of ether oxygens (including phenoxy) is 1. The summed E-state index contributed by atoms with van der Waals surface area (Å²) in [6.45, 7) is 2.05. The van der Waals surface area contributed by atoms with Crippen molar-refractivity contribution in [3.63, 3.8) is 0 Å². The van der Waals surface area contributed by atoms with Crippen LogP contribution in [0.2, 0.25) is 0 Å². The highest BCUT2D eigenvalue weighted by Crippen LogP contribution is 2.38. The molecule has 154 valence electrons. The lowest BCUT2D eigenvalue weighted by Gasteiger charge is -2.09. The number of thiophene rings is 1. The molecular weight excluding hydrogens is 410 g/mol. The Morgan fingerprint density at radius 3 is 2.74 bits per heavy atom. The summed E-state index contributed by atoms with van der Waals surface area (Å²) in [7, 11) is 0. The molecule has 0 atom stereocenters. The summed E-state index contributed by atoms with van der Waals surface area (Å²) >= 11 is 1.25. The fourth-order valence-corrected chi connectivity index (χ4v) is 4.80. The SMILES string of the molecule is CCOC(=O)c1sc2c(ccc(=O)n2-c2ccc3[nH]ccc3c2)c1Nc1ccccc1. The lowest BCUT2D eigenvalue weighted by atomic mass is 10.2. The maximum absolute atomic E-state index is 12.9. The Morgan fingerprint density at radius 2 is 1.94 bits per heavy atom. The normalized spacial score (nSPS) is 11.1. The summed E-state index contributed by atoms with van der Waals surface area (Å²) in [6.07, 6.45) is 1.86. The Kier molecular flexibility index (Phi) is 4.80. The minimum absolute atomic E-state index is 0.162. The molecule has 0 fully saturated rings. The lowest BCUT2D eigenvalue weighted by molar-refractivity contribution is 0.0533. The Labute approximate surface area is 181 Å². The van der Waals surface area contributed by atoms with Gasteiger partial charge in [-0.05, 0) is 49.4 Å². The number of H-pyrrole nitrogens is 1. The minimum Gasteiger partial charge on any atom is -0.462 e. The second kappa shape index (κ2) is 7.77. The van der Waals surface area contributed by atoms with Crippen LogP contribution in [-0.2, 0) is 4.74 Å². The summed E-state index contributed by atoms with van der Waals surface area (Å²) < 4.78 is 6.94. The molecule has 0 spiro atoms. The fraction of sp³-hybridized carbons (Fsp3) is 0.0833. The third kappa shape index (κ3) is 3.39. The third-order valence-corrected chi connectivity index (χ3v) is 6.21. The van der Waals surface area contributed by atoms with E-state index in [2.05, 4.69) is 10.3 Å². The maximum atomic E-state index is 12.9. The predicted octanol–water partition coefficient (Wildman–Crippen LogP) is 5.45. The van der Waals surface area contributed by atoms with E-state index in [1.165, 1.54) is 17.4 Å². The Hall–Kier alpha value is -3.84. The highest BCUT2D eigenvalue weighted by molar-refractivity contribution is 7.21. The highest BCUT2D eigenvalue weighted by atomic mass is 32.1. The first kappa shape index (κ1) is 19.1. The van der Waals surface area contributed by atoms with E-state index in [4.69, 9.17) is 4.74 Å². The van der Waals surface area contributed by atoms with E-state index in [1.807, 2.05) is 60.8 Å². The number of aromatic amines is 1. The molecule has 31 heavy (non-hydrogen) atoms. The van der Waals surface area contributed by atoms with Gasteiger partial charge in [-0.25, -0.2) is 4.79 Å². The van der Waals surface area contributed by atoms with Crippen LogP contribution < -0.4 is 10.9 Å². The van der Waals surface area contributed by atoms with Crippen molar-refractivity contribution in [2.75, 3.05) is 11.9 Å². The van der Waals surface area contributed by atoms with Gasteiger partial charge in [0.15, 0.2) is 0 Å². The van der Waals surface area contributed by atoms with Gasteiger partial charge in [0.05, 0.1) is 18.0 Å². The summed E-state index contributed by atoms with van der Waals surface area (Å²) in [6, 6.07) is 20.7. The maximum Gasteiger partial charge on any atom is 0.350 e. The van der Waals surface area contributed by atoms with Crippen molar-refractivity contribution in [2.45, 2.75) is 6.92 Å². The molecule has 0 saturated carbocycles. The number of nitrogens with one attached hydrogen (secondary N) is 2. The smallest absolute Gasteiger partial charge is 0.350 e. The van der Waals surface area contributed by atoms with Gasteiger partial charge in [0.1, 0.15) is 9.71 Å². The molecule has 3 heterocycles. The molecule has 7 heteroatoms. The number of esters is 1. The van der Waals surface area contributed by atoms with Gasteiger partial charge in [0.2, 0.25) is 0 Å². The van der Waals surface area contributed by atoms with E-state index in [-0.39, 0.29) is 12.2 Å².